The van der Waals surface area contributed by atoms with Crippen molar-refractivity contribution in [1.82, 2.24) is 9.78 Å². The van der Waals surface area contributed by atoms with Gasteiger partial charge in [0.2, 0.25) is 0 Å². The van der Waals surface area contributed by atoms with Crippen molar-refractivity contribution >= 4 is 23.1 Å². The van der Waals surface area contributed by atoms with Crippen molar-refractivity contribution in [2.24, 2.45) is 0 Å². The number of nitrogens with zero attached hydrogens (tertiary/aromatic N) is 2. The lowest BCUT2D eigenvalue weighted by molar-refractivity contribution is 0.102. The maximum atomic E-state index is 13.1. The van der Waals surface area contributed by atoms with E-state index in [9.17, 15) is 9.18 Å². The molecule has 0 atom stereocenters. The second kappa shape index (κ2) is 6.57. The lowest BCUT2D eigenvalue weighted by Gasteiger charge is -2.11. The highest BCUT2D eigenvalue weighted by Crippen LogP contribution is 2.33. The number of nitrogens with one attached hydrogen (secondary N) is 1. The van der Waals surface area contributed by atoms with Crippen LogP contribution in [0, 0.1) is 12.7 Å². The molecule has 1 aromatic carbocycles. The van der Waals surface area contributed by atoms with Crippen LogP contribution in [0.15, 0.2) is 42.6 Å². The van der Waals surface area contributed by atoms with E-state index in [1.54, 1.807) is 29.1 Å². The summed E-state index contributed by atoms with van der Waals surface area (Å²) in [5.41, 5.74) is 1.90. The molecule has 1 N–H and O–H groups in total. The molecule has 0 aliphatic heterocycles. The number of benzene rings is 1. The van der Waals surface area contributed by atoms with Gasteiger partial charge in [0.15, 0.2) is 0 Å². The van der Waals surface area contributed by atoms with Crippen LogP contribution >= 0.6 is 11.3 Å². The maximum Gasteiger partial charge on any atom is 0.266 e. The number of carbonyl (C=O) groups excluding carboxylic acids is 1. The molecule has 0 saturated carbocycles. The summed E-state index contributed by atoms with van der Waals surface area (Å²) in [7, 11) is 0. The molecule has 0 aliphatic carbocycles. The van der Waals surface area contributed by atoms with E-state index in [0.717, 1.165) is 16.0 Å². The van der Waals surface area contributed by atoms with Gasteiger partial charge in [0, 0.05) is 17.0 Å². The van der Waals surface area contributed by atoms with Crippen LogP contribution in [-0.4, -0.2) is 15.7 Å². The molecule has 3 rings (SSSR count). The molecule has 0 radical (unpaired) electrons. The summed E-state index contributed by atoms with van der Waals surface area (Å²) in [6.45, 7) is 5.96. The zero-order valence-electron chi connectivity index (χ0n) is 13.7. The summed E-state index contributed by atoms with van der Waals surface area (Å²) < 4.78 is 14.8. The largest absolute Gasteiger partial charge is 0.306 e. The summed E-state index contributed by atoms with van der Waals surface area (Å²) in [6, 6.07) is 10.1. The van der Waals surface area contributed by atoms with Crippen molar-refractivity contribution in [2.75, 3.05) is 5.32 Å². The molecule has 0 saturated heterocycles. The Bertz CT molecular complexity index is 865. The van der Waals surface area contributed by atoms with Gasteiger partial charge in [-0.2, -0.15) is 5.10 Å². The molecule has 6 heteroatoms. The molecular weight excluding hydrogens is 325 g/mol. The van der Waals surface area contributed by atoms with Crippen LogP contribution in [-0.2, 0) is 0 Å². The van der Waals surface area contributed by atoms with Crippen molar-refractivity contribution in [2.45, 2.75) is 26.8 Å². The highest BCUT2D eigenvalue weighted by atomic mass is 32.1. The first-order valence-electron chi connectivity index (χ1n) is 7.67. The predicted octanol–water partition coefficient (Wildman–Crippen LogP) is 4.89. The first kappa shape index (κ1) is 16.4. The molecule has 0 bridgehead atoms. The first-order valence-corrected chi connectivity index (χ1v) is 8.48. The fraction of sp³-hybridized carbons (Fsp3) is 0.222. The fourth-order valence-electron chi connectivity index (χ4n) is 2.48. The van der Waals surface area contributed by atoms with Crippen molar-refractivity contribution in [3.05, 3.63) is 58.9 Å². The molecule has 0 unspecified atom stereocenters. The molecule has 1 amide bonds. The zero-order chi connectivity index (χ0) is 17.3. The van der Waals surface area contributed by atoms with Crippen molar-refractivity contribution in [1.29, 1.82) is 0 Å². The average Bonchev–Trinajstić information content (AvgIpc) is 3.15. The SMILES string of the molecule is Cc1cc(C(=O)Nc2ccnn2C(C)C)sc1-c1ccc(F)cc1. The molecule has 0 aliphatic rings. The minimum Gasteiger partial charge on any atom is -0.306 e. The summed E-state index contributed by atoms with van der Waals surface area (Å²) >= 11 is 1.40. The Morgan fingerprint density at radius 1 is 1.25 bits per heavy atom. The Morgan fingerprint density at radius 3 is 2.62 bits per heavy atom. The van der Waals surface area contributed by atoms with Crippen molar-refractivity contribution in [3.8, 4) is 10.4 Å². The van der Waals surface area contributed by atoms with Crippen molar-refractivity contribution in [3.63, 3.8) is 0 Å². The Kier molecular flexibility index (Phi) is 4.49. The van der Waals surface area contributed by atoms with E-state index < -0.39 is 0 Å². The van der Waals surface area contributed by atoms with Gasteiger partial charge >= 0.3 is 0 Å². The smallest absolute Gasteiger partial charge is 0.266 e. The minimum absolute atomic E-state index is 0.162. The molecule has 2 aromatic heterocycles. The van der Waals surface area contributed by atoms with Gasteiger partial charge in [-0.15, -0.1) is 11.3 Å². The van der Waals surface area contributed by atoms with E-state index in [0.29, 0.717) is 10.7 Å². The average molecular weight is 343 g/mol. The first-order chi connectivity index (χ1) is 11.5. The second-order valence-corrected chi connectivity index (χ2v) is 6.89. The Morgan fingerprint density at radius 2 is 1.96 bits per heavy atom. The molecule has 3 aromatic rings. The summed E-state index contributed by atoms with van der Waals surface area (Å²) in [4.78, 5) is 14.1. The normalized spacial score (nSPS) is 11.0. The highest BCUT2D eigenvalue weighted by molar-refractivity contribution is 7.17. The number of halogens is 1. The van der Waals surface area contributed by atoms with E-state index in [2.05, 4.69) is 10.4 Å². The van der Waals surface area contributed by atoms with E-state index in [1.807, 2.05) is 26.8 Å². The van der Waals surface area contributed by atoms with Gasteiger partial charge in [-0.1, -0.05) is 12.1 Å². The number of aryl methyl sites for hydroxylation is 1. The molecule has 0 fully saturated rings. The second-order valence-electron chi connectivity index (χ2n) is 5.84. The van der Waals surface area contributed by atoms with Gasteiger partial charge in [-0.25, -0.2) is 9.07 Å². The third-order valence-electron chi connectivity index (χ3n) is 3.65. The quantitative estimate of drug-likeness (QED) is 0.733. The molecule has 4 nitrogen and oxygen atoms in total. The molecular formula is C18H18FN3OS. The van der Waals surface area contributed by atoms with Gasteiger partial charge in [0.25, 0.3) is 5.91 Å². The van der Waals surface area contributed by atoms with Crippen LogP contribution in [0.4, 0.5) is 10.2 Å². The number of hydrogen-bond acceptors (Lipinski definition) is 3. The van der Waals surface area contributed by atoms with Gasteiger partial charge < -0.3 is 5.32 Å². The predicted molar refractivity (Wildman–Crippen MR) is 95.0 cm³/mol. The number of hydrogen-bond donors (Lipinski definition) is 1. The summed E-state index contributed by atoms with van der Waals surface area (Å²) in [6.07, 6.45) is 1.67. The molecule has 0 spiro atoms. The van der Waals surface area contributed by atoms with Crippen LogP contribution in [0.2, 0.25) is 0 Å². The number of aromatic nitrogens is 2. The standard InChI is InChI=1S/C18H18FN3OS/c1-11(2)22-16(8-9-20-22)21-18(23)15-10-12(3)17(24-15)13-4-6-14(19)7-5-13/h4-11H,1-3H3,(H,21,23). The maximum absolute atomic E-state index is 13.1. The number of amides is 1. The Labute approximate surface area is 143 Å². The number of anilines is 1. The lowest BCUT2D eigenvalue weighted by Crippen LogP contribution is -2.15. The Hall–Kier alpha value is -2.47. The van der Waals surface area contributed by atoms with Crippen LogP contribution in [0.3, 0.4) is 0 Å². The van der Waals surface area contributed by atoms with E-state index in [1.165, 1.54) is 23.5 Å². The number of rotatable bonds is 4. The van der Waals surface area contributed by atoms with E-state index in [4.69, 9.17) is 0 Å². The van der Waals surface area contributed by atoms with E-state index in [-0.39, 0.29) is 17.8 Å². The van der Waals surface area contributed by atoms with Crippen LogP contribution < -0.4 is 5.32 Å². The van der Waals surface area contributed by atoms with Gasteiger partial charge in [-0.05, 0) is 50.1 Å². The van der Waals surface area contributed by atoms with Gasteiger partial charge in [0.1, 0.15) is 11.6 Å². The minimum atomic E-state index is -0.270. The zero-order valence-corrected chi connectivity index (χ0v) is 14.5. The van der Waals surface area contributed by atoms with Crippen LogP contribution in [0.1, 0.15) is 35.1 Å². The topological polar surface area (TPSA) is 46.9 Å². The molecule has 2 heterocycles. The van der Waals surface area contributed by atoms with Crippen LogP contribution in [0.5, 0.6) is 0 Å². The van der Waals surface area contributed by atoms with Crippen LogP contribution in [0.25, 0.3) is 10.4 Å². The Balaban J connectivity index is 1.85. The van der Waals surface area contributed by atoms with E-state index >= 15 is 0 Å². The number of carbonyl (C=O) groups is 1. The third kappa shape index (κ3) is 3.23. The summed E-state index contributed by atoms with van der Waals surface area (Å²) in [5.74, 6) is 0.233. The summed E-state index contributed by atoms with van der Waals surface area (Å²) in [5, 5.41) is 7.11. The van der Waals surface area contributed by atoms with Gasteiger partial charge in [-0.3, -0.25) is 4.79 Å². The van der Waals surface area contributed by atoms with Crippen molar-refractivity contribution < 1.29 is 9.18 Å². The molecule has 24 heavy (non-hydrogen) atoms. The monoisotopic (exact) mass is 343 g/mol. The highest BCUT2D eigenvalue weighted by Gasteiger charge is 2.16. The van der Waals surface area contributed by atoms with Gasteiger partial charge in [0.05, 0.1) is 11.1 Å². The molecule has 124 valence electrons. The lowest BCUT2D eigenvalue weighted by atomic mass is 10.1. The fourth-order valence-corrected chi connectivity index (χ4v) is 3.56. The third-order valence-corrected chi connectivity index (χ3v) is 4.93. The number of thiophene rings is 1.